The van der Waals surface area contributed by atoms with Crippen molar-refractivity contribution < 1.29 is 28.7 Å². The molecule has 2 fully saturated rings. The Labute approximate surface area is 184 Å². The van der Waals surface area contributed by atoms with Crippen LogP contribution < -0.4 is 15.0 Å². The van der Waals surface area contributed by atoms with Gasteiger partial charge in [0.15, 0.2) is 6.61 Å². The molecule has 2 unspecified atom stereocenters. The summed E-state index contributed by atoms with van der Waals surface area (Å²) in [6.07, 6.45) is -0.656. The van der Waals surface area contributed by atoms with E-state index in [0.717, 1.165) is 10.5 Å². The fourth-order valence-corrected chi connectivity index (χ4v) is 3.84. The van der Waals surface area contributed by atoms with Gasteiger partial charge in [0.05, 0.1) is 25.6 Å². The Balaban J connectivity index is 1.47. The highest BCUT2D eigenvalue weighted by atomic mass is 16.6. The largest absolute Gasteiger partial charge is 0.497 e. The highest BCUT2D eigenvalue weighted by molar-refractivity contribution is 6.00. The number of carbonyl (C=O) groups is 4. The number of nitrogens with one attached hydrogen (secondary N) is 1. The smallest absolute Gasteiger partial charge is 0.417 e. The lowest BCUT2D eigenvalue weighted by molar-refractivity contribution is -0.128. The SMILES string of the molecule is COc1ccc(N2CC(C(=O)NC(CN3C(=O)COC3=O)c3ccccc3)CC2=O)cc1. The summed E-state index contributed by atoms with van der Waals surface area (Å²) in [5, 5.41) is 2.91. The molecule has 4 amide bonds. The average molecular weight is 437 g/mol. The molecule has 0 radical (unpaired) electrons. The summed E-state index contributed by atoms with van der Waals surface area (Å²) in [6, 6.07) is 15.5. The number of amides is 4. The molecule has 2 aromatic carbocycles. The molecule has 2 saturated heterocycles. The maximum Gasteiger partial charge on any atom is 0.417 e. The van der Waals surface area contributed by atoms with E-state index in [4.69, 9.17) is 9.47 Å². The van der Waals surface area contributed by atoms with Crippen LogP contribution in [0.1, 0.15) is 18.0 Å². The predicted octanol–water partition coefficient (Wildman–Crippen LogP) is 1.88. The molecule has 9 heteroatoms. The Morgan fingerprint density at radius 3 is 2.44 bits per heavy atom. The lowest BCUT2D eigenvalue weighted by atomic mass is 10.0. The molecule has 0 saturated carbocycles. The van der Waals surface area contributed by atoms with Crippen molar-refractivity contribution in [2.75, 3.05) is 31.7 Å². The summed E-state index contributed by atoms with van der Waals surface area (Å²) in [5.74, 6) is -0.799. The van der Waals surface area contributed by atoms with Gasteiger partial charge in [-0.2, -0.15) is 0 Å². The molecule has 1 N–H and O–H groups in total. The van der Waals surface area contributed by atoms with E-state index in [2.05, 4.69) is 5.32 Å². The van der Waals surface area contributed by atoms with Crippen molar-refractivity contribution in [2.24, 2.45) is 5.92 Å². The first-order valence-electron chi connectivity index (χ1n) is 10.2. The number of nitrogens with zero attached hydrogens (tertiary/aromatic N) is 2. The van der Waals surface area contributed by atoms with E-state index >= 15 is 0 Å². The minimum absolute atomic E-state index is 0.0454. The lowest BCUT2D eigenvalue weighted by Crippen LogP contribution is -2.42. The minimum Gasteiger partial charge on any atom is -0.497 e. The Morgan fingerprint density at radius 1 is 1.09 bits per heavy atom. The van der Waals surface area contributed by atoms with Crippen LogP contribution >= 0.6 is 0 Å². The number of benzene rings is 2. The van der Waals surface area contributed by atoms with Crippen molar-refractivity contribution in [2.45, 2.75) is 12.5 Å². The molecule has 2 aliphatic rings. The molecule has 2 heterocycles. The Hall–Kier alpha value is -3.88. The summed E-state index contributed by atoms with van der Waals surface area (Å²) in [5.41, 5.74) is 1.43. The fourth-order valence-electron chi connectivity index (χ4n) is 3.84. The molecule has 2 aliphatic heterocycles. The zero-order valence-corrected chi connectivity index (χ0v) is 17.5. The topological polar surface area (TPSA) is 105 Å². The van der Waals surface area contributed by atoms with Gasteiger partial charge in [-0.1, -0.05) is 30.3 Å². The third-order valence-corrected chi connectivity index (χ3v) is 5.60. The van der Waals surface area contributed by atoms with Crippen LogP contribution in [0, 0.1) is 5.92 Å². The third kappa shape index (κ3) is 4.41. The molecular formula is C23H23N3O6. The van der Waals surface area contributed by atoms with Gasteiger partial charge in [-0.05, 0) is 29.8 Å². The third-order valence-electron chi connectivity index (χ3n) is 5.60. The summed E-state index contributed by atoms with van der Waals surface area (Å²) in [7, 11) is 1.56. The molecule has 0 aliphatic carbocycles. The number of cyclic esters (lactones) is 1. The van der Waals surface area contributed by atoms with Crippen molar-refractivity contribution in [3.05, 3.63) is 60.2 Å². The Kier molecular flexibility index (Phi) is 6.07. The highest BCUT2D eigenvalue weighted by Gasteiger charge is 2.38. The highest BCUT2D eigenvalue weighted by Crippen LogP contribution is 2.28. The second-order valence-electron chi connectivity index (χ2n) is 7.63. The van der Waals surface area contributed by atoms with Gasteiger partial charge in [0.25, 0.3) is 5.91 Å². The van der Waals surface area contributed by atoms with Crippen LogP contribution in [0.4, 0.5) is 10.5 Å². The van der Waals surface area contributed by atoms with Crippen molar-refractivity contribution in [3.63, 3.8) is 0 Å². The number of ether oxygens (including phenoxy) is 2. The molecule has 4 rings (SSSR count). The number of anilines is 1. The van der Waals surface area contributed by atoms with Gasteiger partial charge in [-0.15, -0.1) is 0 Å². The quantitative estimate of drug-likeness (QED) is 0.709. The molecule has 166 valence electrons. The maximum absolute atomic E-state index is 13.1. The molecule has 0 bridgehead atoms. The van der Waals surface area contributed by atoms with E-state index in [9.17, 15) is 19.2 Å². The summed E-state index contributed by atoms with van der Waals surface area (Å²) < 4.78 is 9.92. The fraction of sp³-hybridized carbons (Fsp3) is 0.304. The van der Waals surface area contributed by atoms with E-state index < -0.39 is 24.0 Å². The number of hydrogen-bond donors (Lipinski definition) is 1. The molecule has 32 heavy (non-hydrogen) atoms. The first kappa shape index (κ1) is 21.4. The summed E-state index contributed by atoms with van der Waals surface area (Å²) in [4.78, 5) is 52.1. The van der Waals surface area contributed by atoms with Crippen molar-refractivity contribution >= 4 is 29.5 Å². The summed E-state index contributed by atoms with van der Waals surface area (Å²) in [6.45, 7) is -0.109. The number of rotatable bonds is 7. The normalized spacial score (nSPS) is 19.2. The molecule has 2 atom stereocenters. The maximum atomic E-state index is 13.1. The number of imide groups is 1. The van der Waals surface area contributed by atoms with Crippen molar-refractivity contribution in [1.29, 1.82) is 0 Å². The van der Waals surface area contributed by atoms with E-state index in [1.54, 1.807) is 48.4 Å². The zero-order chi connectivity index (χ0) is 22.7. The van der Waals surface area contributed by atoms with Gasteiger partial charge < -0.3 is 19.7 Å². The molecular weight excluding hydrogens is 414 g/mol. The Morgan fingerprint density at radius 2 is 1.81 bits per heavy atom. The van der Waals surface area contributed by atoms with E-state index in [1.807, 2.05) is 18.2 Å². The van der Waals surface area contributed by atoms with Crippen LogP contribution in [-0.2, 0) is 19.1 Å². The molecule has 0 spiro atoms. The second kappa shape index (κ2) is 9.09. The first-order valence-corrected chi connectivity index (χ1v) is 10.2. The second-order valence-corrected chi connectivity index (χ2v) is 7.63. The molecule has 9 nitrogen and oxygen atoms in total. The number of carbonyl (C=O) groups excluding carboxylic acids is 4. The van der Waals surface area contributed by atoms with Gasteiger partial charge in [-0.3, -0.25) is 14.4 Å². The van der Waals surface area contributed by atoms with E-state index in [-0.39, 0.29) is 37.9 Å². The number of methoxy groups -OCH3 is 1. The van der Waals surface area contributed by atoms with Crippen LogP contribution in [0.15, 0.2) is 54.6 Å². The standard InChI is InChI=1S/C23H23N3O6/c1-31-18-9-7-17(8-10-18)25-12-16(11-20(25)27)22(29)24-19(15-5-3-2-4-6-15)13-26-21(28)14-32-23(26)30/h2-10,16,19H,11-14H2,1H3,(H,24,29). The first-order chi connectivity index (χ1) is 15.5. The molecule has 2 aromatic rings. The van der Waals surface area contributed by atoms with Gasteiger partial charge in [0.2, 0.25) is 11.8 Å². The van der Waals surface area contributed by atoms with Gasteiger partial charge >= 0.3 is 6.09 Å². The van der Waals surface area contributed by atoms with Gasteiger partial charge in [0.1, 0.15) is 5.75 Å². The Bertz CT molecular complexity index is 1010. The van der Waals surface area contributed by atoms with E-state index in [0.29, 0.717) is 11.4 Å². The monoisotopic (exact) mass is 437 g/mol. The van der Waals surface area contributed by atoms with Crippen LogP contribution in [-0.4, -0.2) is 55.5 Å². The summed E-state index contributed by atoms with van der Waals surface area (Å²) >= 11 is 0. The zero-order valence-electron chi connectivity index (χ0n) is 17.5. The number of hydrogen-bond acceptors (Lipinski definition) is 6. The predicted molar refractivity (Wildman–Crippen MR) is 114 cm³/mol. The van der Waals surface area contributed by atoms with Crippen molar-refractivity contribution in [1.82, 2.24) is 10.2 Å². The van der Waals surface area contributed by atoms with Crippen LogP contribution in [0.2, 0.25) is 0 Å². The van der Waals surface area contributed by atoms with Crippen LogP contribution in [0.5, 0.6) is 5.75 Å². The lowest BCUT2D eigenvalue weighted by Gasteiger charge is -2.24. The minimum atomic E-state index is -0.730. The average Bonchev–Trinajstić information content (AvgIpc) is 3.36. The van der Waals surface area contributed by atoms with Crippen LogP contribution in [0.25, 0.3) is 0 Å². The van der Waals surface area contributed by atoms with Gasteiger partial charge in [-0.25, -0.2) is 9.69 Å². The van der Waals surface area contributed by atoms with Gasteiger partial charge in [0, 0.05) is 18.7 Å². The van der Waals surface area contributed by atoms with E-state index in [1.165, 1.54) is 0 Å². The van der Waals surface area contributed by atoms with Crippen molar-refractivity contribution in [3.8, 4) is 5.75 Å². The van der Waals surface area contributed by atoms with Crippen LogP contribution in [0.3, 0.4) is 0 Å². The molecule has 0 aromatic heterocycles.